The van der Waals surface area contributed by atoms with Gasteiger partial charge in [-0.2, -0.15) is 4.39 Å². The molecule has 0 saturated heterocycles. The zero-order chi connectivity index (χ0) is 21.5. The first-order valence-corrected chi connectivity index (χ1v) is 8.29. The monoisotopic (exact) mass is 397 g/mol. The lowest BCUT2D eigenvalue weighted by Crippen LogP contribution is -2.34. The van der Waals surface area contributed by atoms with Crippen molar-refractivity contribution in [2.24, 2.45) is 4.99 Å². The lowest BCUT2D eigenvalue weighted by Gasteiger charge is -2.26. The number of hydrogen-bond acceptors (Lipinski definition) is 5. The standard InChI is InChI=1S/C18H16F4N4O2/c1-8(10-4-3-5-11(16(10)20)17(21)22)23-18-12-6-15(26(27)28)13(19)7-14(12)24-9(2)25-18/h3-9,17,24H,1-2H3,(H,23,25)/t8?,9-/m1/s1/i/hD. The molecular weight excluding hydrogens is 380 g/mol. The van der Waals surface area contributed by atoms with Crippen LogP contribution in [0.4, 0.5) is 28.9 Å². The van der Waals surface area contributed by atoms with E-state index in [1.54, 1.807) is 6.92 Å². The van der Waals surface area contributed by atoms with Crippen molar-refractivity contribution in [3.8, 4) is 0 Å². The number of halogens is 4. The van der Waals surface area contributed by atoms with Crippen molar-refractivity contribution in [1.82, 2.24) is 5.32 Å². The molecule has 148 valence electrons. The summed E-state index contributed by atoms with van der Waals surface area (Å²) in [5.41, 5.74) is -1.49. The molecule has 1 heterocycles. The molecule has 3 rings (SSSR count). The Morgan fingerprint density at radius 3 is 2.64 bits per heavy atom. The minimum Gasteiger partial charge on any atom is -0.363 e. The zero-order valence-electron chi connectivity index (χ0n) is 15.8. The fraction of sp³-hybridized carbons (Fsp3) is 0.278. The van der Waals surface area contributed by atoms with Crippen LogP contribution in [0.2, 0.25) is 1.41 Å². The number of anilines is 1. The number of nitrogens with one attached hydrogen (secondary N) is 2. The highest BCUT2D eigenvalue weighted by Gasteiger charge is 2.27. The van der Waals surface area contributed by atoms with Crippen LogP contribution < -0.4 is 10.6 Å². The average Bonchev–Trinajstić information content (AvgIpc) is 2.65. The molecule has 0 bridgehead atoms. The van der Waals surface area contributed by atoms with Gasteiger partial charge in [-0.15, -0.1) is 0 Å². The van der Waals surface area contributed by atoms with Crippen molar-refractivity contribution >= 4 is 17.2 Å². The van der Waals surface area contributed by atoms with Crippen molar-refractivity contribution in [3.05, 3.63) is 68.8 Å². The SMILES string of the molecule is [2H]N1c2cc(F)c([N+](=O)[O-])cc2C(NC(C)c2cccc(C(F)F)c2F)=N[C@@H]1C. The zero-order valence-corrected chi connectivity index (χ0v) is 14.8. The van der Waals surface area contributed by atoms with Crippen LogP contribution in [0.5, 0.6) is 0 Å². The fourth-order valence-electron chi connectivity index (χ4n) is 2.94. The molecule has 0 aromatic heterocycles. The highest BCUT2D eigenvalue weighted by molar-refractivity contribution is 6.05. The summed E-state index contributed by atoms with van der Waals surface area (Å²) in [6.07, 6.45) is -3.76. The van der Waals surface area contributed by atoms with Gasteiger partial charge in [0.2, 0.25) is 5.82 Å². The Kier molecular flexibility index (Phi) is 4.84. The van der Waals surface area contributed by atoms with E-state index < -0.39 is 46.4 Å². The summed E-state index contributed by atoms with van der Waals surface area (Å²) >= 11 is 0. The van der Waals surface area contributed by atoms with Crippen LogP contribution in [-0.4, -0.2) is 16.9 Å². The third-order valence-corrected chi connectivity index (χ3v) is 4.27. The number of benzene rings is 2. The minimum atomic E-state index is -2.99. The summed E-state index contributed by atoms with van der Waals surface area (Å²) in [5.74, 6) is -2.11. The van der Waals surface area contributed by atoms with Gasteiger partial charge in [0.25, 0.3) is 6.43 Å². The second kappa shape index (κ2) is 7.45. The summed E-state index contributed by atoms with van der Waals surface area (Å²) in [7, 11) is 0. The lowest BCUT2D eigenvalue weighted by molar-refractivity contribution is -0.387. The molecule has 2 atom stereocenters. The van der Waals surface area contributed by atoms with E-state index >= 15 is 0 Å². The molecule has 2 aromatic carbocycles. The van der Waals surface area contributed by atoms with Crippen LogP contribution in [0.15, 0.2) is 35.3 Å². The van der Waals surface area contributed by atoms with Gasteiger partial charge in [-0.1, -0.05) is 18.2 Å². The van der Waals surface area contributed by atoms with Gasteiger partial charge in [0.1, 0.15) is 17.8 Å². The summed E-state index contributed by atoms with van der Waals surface area (Å²) in [6.45, 7) is 3.05. The molecule has 0 aliphatic carbocycles. The largest absolute Gasteiger partial charge is 0.363 e. The molecule has 28 heavy (non-hydrogen) atoms. The maximum Gasteiger partial charge on any atom is 0.305 e. The van der Waals surface area contributed by atoms with Gasteiger partial charge in [0.15, 0.2) is 1.41 Å². The third kappa shape index (κ3) is 3.62. The summed E-state index contributed by atoms with van der Waals surface area (Å²) in [6, 6.07) is 4.56. The maximum absolute atomic E-state index is 14.4. The van der Waals surface area contributed by atoms with Crippen molar-refractivity contribution in [2.75, 3.05) is 5.31 Å². The highest BCUT2D eigenvalue weighted by atomic mass is 19.3. The second-order valence-electron chi connectivity index (χ2n) is 6.23. The van der Waals surface area contributed by atoms with E-state index in [9.17, 15) is 27.7 Å². The molecule has 1 aliphatic heterocycles. The van der Waals surface area contributed by atoms with Crippen molar-refractivity contribution in [2.45, 2.75) is 32.5 Å². The number of nitrogens with zero attached hydrogens (tertiary/aromatic N) is 2. The fourth-order valence-corrected chi connectivity index (χ4v) is 2.94. The molecule has 0 amide bonds. The molecule has 0 spiro atoms. The van der Waals surface area contributed by atoms with Crippen LogP contribution in [0, 0.1) is 21.7 Å². The van der Waals surface area contributed by atoms with Crippen molar-refractivity contribution in [1.29, 1.82) is 0 Å². The van der Waals surface area contributed by atoms with Crippen molar-refractivity contribution < 1.29 is 23.9 Å². The molecule has 0 fully saturated rings. The average molecular weight is 397 g/mol. The number of nitro benzene ring substituents is 1. The van der Waals surface area contributed by atoms with E-state index in [1.807, 2.05) is 0 Å². The van der Waals surface area contributed by atoms with Gasteiger partial charge in [-0.05, 0) is 13.8 Å². The van der Waals surface area contributed by atoms with Crippen LogP contribution in [-0.2, 0) is 0 Å². The molecule has 10 heteroatoms. The number of rotatable bonds is 4. The molecule has 2 N–H and O–H groups in total. The summed E-state index contributed by atoms with van der Waals surface area (Å²) in [5, 5.41) is 14.8. The topological polar surface area (TPSA) is 79.6 Å². The lowest BCUT2D eigenvalue weighted by atomic mass is 10.0. The van der Waals surface area contributed by atoms with Crippen LogP contribution in [0.3, 0.4) is 0 Å². The molecule has 1 aliphatic rings. The van der Waals surface area contributed by atoms with Crippen molar-refractivity contribution in [3.63, 3.8) is 0 Å². The van der Waals surface area contributed by atoms with Crippen LogP contribution in [0.1, 0.15) is 43.0 Å². The van der Waals surface area contributed by atoms with Gasteiger partial charge < -0.3 is 10.6 Å². The van der Waals surface area contributed by atoms with Gasteiger partial charge in [0, 0.05) is 23.3 Å². The van der Waals surface area contributed by atoms with Gasteiger partial charge >= 0.3 is 5.69 Å². The van der Waals surface area contributed by atoms with E-state index in [2.05, 4.69) is 10.3 Å². The molecule has 6 nitrogen and oxygen atoms in total. The summed E-state index contributed by atoms with van der Waals surface area (Å²) < 4.78 is 62.4. The molecule has 2 aromatic rings. The Hall–Kier alpha value is -3.17. The quantitative estimate of drug-likeness (QED) is 0.446. The Balaban J connectivity index is 2.02. The molecule has 1 unspecified atom stereocenters. The minimum absolute atomic E-state index is 0.0344. The first kappa shape index (κ1) is 18.2. The van der Waals surface area contributed by atoms with Gasteiger partial charge in [0.05, 0.1) is 22.2 Å². The number of nitro groups is 1. The second-order valence-corrected chi connectivity index (χ2v) is 6.23. The Labute approximate surface area is 158 Å². The van der Waals surface area contributed by atoms with E-state index in [4.69, 9.17) is 1.41 Å². The van der Waals surface area contributed by atoms with Crippen LogP contribution in [0.25, 0.3) is 0 Å². The number of alkyl halides is 2. The Morgan fingerprint density at radius 1 is 1.32 bits per heavy atom. The number of hydrogen-bond donors (Lipinski definition) is 2. The van der Waals surface area contributed by atoms with Crippen LogP contribution >= 0.6 is 0 Å². The first-order chi connectivity index (χ1) is 13.6. The van der Waals surface area contributed by atoms with E-state index in [0.29, 0.717) is 0 Å². The molecule has 0 saturated carbocycles. The number of fused-ring (bicyclic) bond motifs is 1. The predicted octanol–water partition coefficient (Wildman–Crippen LogP) is 4.68. The van der Waals surface area contributed by atoms with Gasteiger partial charge in [-0.25, -0.2) is 18.2 Å². The number of aliphatic imine (C=N–C) groups is 1. The third-order valence-electron chi connectivity index (χ3n) is 4.27. The molecule has 0 radical (unpaired) electrons. The normalized spacial score (nSPS) is 17.7. The smallest absolute Gasteiger partial charge is 0.305 e. The van der Waals surface area contributed by atoms with Gasteiger partial charge in [-0.3, -0.25) is 10.1 Å². The number of amidine groups is 1. The molecular formula is C18H16F4N4O2. The van der Waals surface area contributed by atoms with E-state index in [1.165, 1.54) is 19.1 Å². The van der Waals surface area contributed by atoms with E-state index in [-0.39, 0.29) is 22.6 Å². The highest BCUT2D eigenvalue weighted by Crippen LogP contribution is 2.31. The van der Waals surface area contributed by atoms with E-state index in [0.717, 1.165) is 23.5 Å². The maximum atomic E-state index is 14.4. The first-order valence-electron chi connectivity index (χ1n) is 8.73. The summed E-state index contributed by atoms with van der Waals surface area (Å²) in [4.78, 5) is 14.4. The Morgan fingerprint density at radius 2 is 2.00 bits per heavy atom. The Bertz CT molecular complexity index is 1000. The predicted molar refractivity (Wildman–Crippen MR) is 95.6 cm³/mol.